The summed E-state index contributed by atoms with van der Waals surface area (Å²) in [6.07, 6.45) is 0. The quantitative estimate of drug-likeness (QED) is 0.672. The molecule has 2 aromatic rings. The molecule has 1 N–H and O–H groups in total. The minimum Gasteiger partial charge on any atom is -0.388 e. The number of anilines is 1. The molecular weight excluding hydrogens is 301 g/mol. The van der Waals surface area contributed by atoms with E-state index >= 15 is 0 Å². The molecule has 5 heteroatoms. The van der Waals surface area contributed by atoms with Crippen LogP contribution in [0.3, 0.4) is 0 Å². The van der Waals surface area contributed by atoms with Gasteiger partial charge in [0.15, 0.2) is 8.38 Å². The van der Waals surface area contributed by atoms with Crippen molar-refractivity contribution >= 4 is 25.4 Å². The van der Waals surface area contributed by atoms with Gasteiger partial charge in [-0.05, 0) is 47.9 Å². The molecule has 0 saturated heterocycles. The van der Waals surface area contributed by atoms with E-state index in [4.69, 9.17) is 9.05 Å². The van der Waals surface area contributed by atoms with Crippen molar-refractivity contribution in [1.29, 1.82) is 0 Å². The first-order valence-electron chi connectivity index (χ1n) is 7.15. The fourth-order valence-electron chi connectivity index (χ4n) is 2.25. The zero-order valence-corrected chi connectivity index (χ0v) is 14.4. The van der Waals surface area contributed by atoms with E-state index in [0.29, 0.717) is 13.2 Å². The van der Waals surface area contributed by atoms with E-state index in [1.54, 1.807) is 11.3 Å². The highest BCUT2D eigenvalue weighted by Crippen LogP contribution is 2.57. The summed E-state index contributed by atoms with van der Waals surface area (Å²) in [5, 5.41) is 7.57. The first kappa shape index (κ1) is 16.4. The molecular formula is C16H22NO2PS. The maximum absolute atomic E-state index is 5.94. The second-order valence-electron chi connectivity index (χ2n) is 4.42. The van der Waals surface area contributed by atoms with Gasteiger partial charge < -0.3 is 14.4 Å². The molecule has 0 bridgehead atoms. The molecule has 0 amide bonds. The van der Waals surface area contributed by atoms with Crippen LogP contribution in [-0.4, -0.2) is 20.3 Å². The van der Waals surface area contributed by atoms with Gasteiger partial charge in [-0.25, -0.2) is 0 Å². The van der Waals surface area contributed by atoms with Crippen LogP contribution in [0.15, 0.2) is 41.1 Å². The number of nitrogens with one attached hydrogen (secondary N) is 1. The molecule has 1 heterocycles. The van der Waals surface area contributed by atoms with E-state index in [9.17, 15) is 0 Å². The molecule has 0 aliphatic carbocycles. The molecule has 0 aliphatic heterocycles. The van der Waals surface area contributed by atoms with Crippen molar-refractivity contribution in [2.75, 3.05) is 25.6 Å². The Balaban J connectivity index is 2.44. The van der Waals surface area contributed by atoms with E-state index in [1.165, 1.54) is 11.1 Å². The van der Waals surface area contributed by atoms with Gasteiger partial charge in [0.1, 0.15) is 0 Å². The van der Waals surface area contributed by atoms with Crippen LogP contribution in [0.1, 0.15) is 30.6 Å². The highest BCUT2D eigenvalue weighted by atomic mass is 32.1. The van der Waals surface area contributed by atoms with Gasteiger partial charge in [-0.1, -0.05) is 18.2 Å². The third-order valence-corrected chi connectivity index (χ3v) is 5.83. The van der Waals surface area contributed by atoms with Gasteiger partial charge in [-0.15, -0.1) is 0 Å². The van der Waals surface area contributed by atoms with E-state index < -0.39 is 8.38 Å². The van der Waals surface area contributed by atoms with Crippen molar-refractivity contribution in [3.8, 4) is 0 Å². The van der Waals surface area contributed by atoms with Crippen LogP contribution in [0.5, 0.6) is 0 Å². The Labute approximate surface area is 132 Å². The average molecular weight is 323 g/mol. The van der Waals surface area contributed by atoms with Crippen LogP contribution in [0.25, 0.3) is 0 Å². The van der Waals surface area contributed by atoms with Gasteiger partial charge >= 0.3 is 0 Å². The Morgan fingerprint density at radius 1 is 1.14 bits per heavy atom. The monoisotopic (exact) mass is 323 g/mol. The van der Waals surface area contributed by atoms with E-state index in [1.807, 2.05) is 27.0 Å². The predicted octanol–water partition coefficient (Wildman–Crippen LogP) is 5.26. The SMILES string of the molecule is CCOP(OCC)C(c1ccsc1)c1ccccc1NC. The third kappa shape index (κ3) is 4.04. The number of thiophene rings is 1. The maximum atomic E-state index is 5.94. The fourth-order valence-corrected chi connectivity index (χ4v) is 4.77. The second kappa shape index (κ2) is 8.50. The first-order valence-corrected chi connectivity index (χ1v) is 9.34. The first-order chi connectivity index (χ1) is 10.3. The molecule has 114 valence electrons. The topological polar surface area (TPSA) is 30.5 Å². The molecule has 0 fully saturated rings. The van der Waals surface area contributed by atoms with Gasteiger partial charge in [0.05, 0.1) is 18.9 Å². The number of rotatable bonds is 8. The molecule has 0 aliphatic rings. The van der Waals surface area contributed by atoms with Gasteiger partial charge in [0, 0.05) is 12.7 Å². The summed E-state index contributed by atoms with van der Waals surface area (Å²) in [6.45, 7) is 5.36. The van der Waals surface area contributed by atoms with E-state index in [0.717, 1.165) is 5.69 Å². The lowest BCUT2D eigenvalue weighted by molar-refractivity contribution is 0.265. The minimum atomic E-state index is -1.01. The standard InChI is InChI=1S/C16H22NO2PS/c1-4-18-20(19-5-2)16(13-10-11-21-12-13)14-8-6-7-9-15(14)17-3/h6-12,16-17H,4-5H2,1-3H3. The molecule has 3 nitrogen and oxygen atoms in total. The van der Waals surface area contributed by atoms with Crippen molar-refractivity contribution in [1.82, 2.24) is 0 Å². The number of benzene rings is 1. The number of hydrogen-bond acceptors (Lipinski definition) is 4. The lowest BCUT2D eigenvalue weighted by Crippen LogP contribution is -2.06. The molecule has 1 aromatic heterocycles. The summed E-state index contributed by atoms with van der Waals surface area (Å²) in [7, 11) is 0.945. The van der Waals surface area contributed by atoms with Crippen molar-refractivity contribution in [3.63, 3.8) is 0 Å². The Kier molecular flexibility index (Phi) is 6.65. The van der Waals surface area contributed by atoms with Gasteiger partial charge in [0.25, 0.3) is 0 Å². The van der Waals surface area contributed by atoms with Crippen molar-refractivity contribution in [3.05, 3.63) is 52.2 Å². The molecule has 0 spiro atoms. The van der Waals surface area contributed by atoms with Crippen LogP contribution in [0, 0.1) is 0 Å². The molecule has 0 saturated carbocycles. The highest BCUT2D eigenvalue weighted by molar-refractivity contribution is 7.48. The normalized spacial score (nSPS) is 12.6. The highest BCUT2D eigenvalue weighted by Gasteiger charge is 2.29. The van der Waals surface area contributed by atoms with E-state index in [-0.39, 0.29) is 5.66 Å². The van der Waals surface area contributed by atoms with Gasteiger partial charge in [-0.3, -0.25) is 0 Å². The van der Waals surface area contributed by atoms with Crippen LogP contribution in [-0.2, 0) is 9.05 Å². The summed E-state index contributed by atoms with van der Waals surface area (Å²) < 4.78 is 11.9. The number of para-hydroxylation sites is 1. The molecule has 1 unspecified atom stereocenters. The summed E-state index contributed by atoms with van der Waals surface area (Å²) >= 11 is 1.71. The maximum Gasteiger partial charge on any atom is 0.183 e. The Morgan fingerprint density at radius 2 is 1.86 bits per heavy atom. The molecule has 21 heavy (non-hydrogen) atoms. The summed E-state index contributed by atoms with van der Waals surface area (Å²) in [5.41, 5.74) is 3.75. The number of hydrogen-bond donors (Lipinski definition) is 1. The molecule has 1 atom stereocenters. The van der Waals surface area contributed by atoms with Crippen molar-refractivity contribution < 1.29 is 9.05 Å². The lowest BCUT2D eigenvalue weighted by atomic mass is 10.1. The second-order valence-corrected chi connectivity index (χ2v) is 6.80. The predicted molar refractivity (Wildman–Crippen MR) is 92.3 cm³/mol. The van der Waals surface area contributed by atoms with Crippen LogP contribution in [0.4, 0.5) is 5.69 Å². The third-order valence-electron chi connectivity index (χ3n) is 3.11. The average Bonchev–Trinajstić information content (AvgIpc) is 3.02. The molecule has 1 aromatic carbocycles. The van der Waals surface area contributed by atoms with E-state index in [2.05, 4.69) is 40.3 Å². The van der Waals surface area contributed by atoms with Crippen LogP contribution >= 0.6 is 19.7 Å². The van der Waals surface area contributed by atoms with Gasteiger partial charge in [0.2, 0.25) is 0 Å². The summed E-state index contributed by atoms with van der Waals surface area (Å²) in [6, 6.07) is 10.5. The summed E-state index contributed by atoms with van der Waals surface area (Å²) in [4.78, 5) is 0. The van der Waals surface area contributed by atoms with Crippen molar-refractivity contribution in [2.24, 2.45) is 0 Å². The fraction of sp³-hybridized carbons (Fsp3) is 0.375. The Morgan fingerprint density at radius 3 is 2.43 bits per heavy atom. The smallest absolute Gasteiger partial charge is 0.183 e. The molecule has 0 radical (unpaired) electrons. The zero-order chi connectivity index (χ0) is 15.1. The Bertz CT molecular complexity index is 527. The van der Waals surface area contributed by atoms with Crippen LogP contribution in [0.2, 0.25) is 0 Å². The summed E-state index contributed by atoms with van der Waals surface area (Å²) in [5.74, 6) is 0. The largest absolute Gasteiger partial charge is 0.388 e. The Hall–Kier alpha value is -0.930. The molecule has 2 rings (SSSR count). The zero-order valence-electron chi connectivity index (χ0n) is 12.7. The minimum absolute atomic E-state index is 0.134. The lowest BCUT2D eigenvalue weighted by Gasteiger charge is -2.27. The van der Waals surface area contributed by atoms with Crippen LogP contribution < -0.4 is 5.32 Å². The van der Waals surface area contributed by atoms with Crippen molar-refractivity contribution in [2.45, 2.75) is 19.5 Å². The van der Waals surface area contributed by atoms with Gasteiger partial charge in [-0.2, -0.15) is 11.3 Å².